The zero-order valence-corrected chi connectivity index (χ0v) is 22.3. The Kier molecular flexibility index (Phi) is 7.50. The normalized spacial score (nSPS) is 14.7. The molecule has 0 amide bonds. The second-order valence-electron chi connectivity index (χ2n) is 9.43. The second-order valence-corrected chi connectivity index (χ2v) is 11.5. The number of halogens is 1. The maximum atomic E-state index is 13.4. The standard InChI is InChI=1S/C27H33ClN2O4S/c1-5-30(6-2)14-9-15-33-24-17-20(16-19-18-27(3,4)34-26(19)24)29-35(31,32)25-13-12-23(28)21-10-7-8-11-22(21)25/h7-8,10-13,16-17,29H,5-6,9,14-15,18H2,1-4H3. The molecule has 1 aliphatic rings. The molecule has 0 spiro atoms. The average Bonchev–Trinajstić information content (AvgIpc) is 3.13. The molecule has 1 heterocycles. The number of benzene rings is 3. The molecule has 0 aromatic heterocycles. The highest BCUT2D eigenvalue weighted by atomic mass is 35.5. The molecule has 35 heavy (non-hydrogen) atoms. The van der Waals surface area contributed by atoms with Gasteiger partial charge in [-0.1, -0.05) is 49.7 Å². The van der Waals surface area contributed by atoms with Crippen LogP contribution in [0.5, 0.6) is 11.5 Å². The third kappa shape index (κ3) is 5.68. The van der Waals surface area contributed by atoms with Crippen LogP contribution in [0.4, 0.5) is 5.69 Å². The van der Waals surface area contributed by atoms with Gasteiger partial charge < -0.3 is 14.4 Å². The van der Waals surface area contributed by atoms with E-state index in [-0.39, 0.29) is 10.5 Å². The van der Waals surface area contributed by atoms with E-state index in [1.807, 2.05) is 32.0 Å². The molecule has 0 radical (unpaired) electrons. The predicted molar refractivity (Wildman–Crippen MR) is 143 cm³/mol. The molecule has 8 heteroatoms. The minimum absolute atomic E-state index is 0.177. The first-order valence-electron chi connectivity index (χ1n) is 12.0. The molecule has 0 unspecified atom stereocenters. The van der Waals surface area contributed by atoms with Crippen molar-refractivity contribution < 1.29 is 17.9 Å². The third-order valence-corrected chi connectivity index (χ3v) is 8.04. The van der Waals surface area contributed by atoms with Gasteiger partial charge in [0.2, 0.25) is 0 Å². The highest BCUT2D eigenvalue weighted by Crippen LogP contribution is 2.44. The Morgan fingerprint density at radius 3 is 2.51 bits per heavy atom. The molecule has 1 N–H and O–H groups in total. The van der Waals surface area contributed by atoms with Gasteiger partial charge in [0.25, 0.3) is 10.0 Å². The first-order chi connectivity index (χ1) is 16.6. The maximum absolute atomic E-state index is 13.4. The van der Waals surface area contributed by atoms with Crippen molar-refractivity contribution in [1.29, 1.82) is 0 Å². The number of fused-ring (bicyclic) bond motifs is 2. The van der Waals surface area contributed by atoms with Crippen molar-refractivity contribution in [3.8, 4) is 11.5 Å². The van der Waals surface area contributed by atoms with Gasteiger partial charge >= 0.3 is 0 Å². The number of sulfonamides is 1. The molecule has 0 aliphatic carbocycles. The van der Waals surface area contributed by atoms with Gasteiger partial charge in [-0.15, -0.1) is 0 Å². The van der Waals surface area contributed by atoms with Crippen molar-refractivity contribution in [2.75, 3.05) is 31.0 Å². The Morgan fingerprint density at radius 1 is 1.09 bits per heavy atom. The van der Waals surface area contributed by atoms with E-state index in [0.29, 0.717) is 46.0 Å². The van der Waals surface area contributed by atoms with Gasteiger partial charge in [0.15, 0.2) is 11.5 Å². The van der Waals surface area contributed by atoms with Crippen LogP contribution in [0.2, 0.25) is 5.02 Å². The second kappa shape index (κ2) is 10.2. The van der Waals surface area contributed by atoms with Crippen molar-refractivity contribution in [3.05, 3.63) is 59.1 Å². The number of nitrogens with zero attached hydrogens (tertiary/aromatic N) is 1. The van der Waals surface area contributed by atoms with E-state index in [4.69, 9.17) is 21.1 Å². The molecule has 0 fully saturated rings. The monoisotopic (exact) mass is 516 g/mol. The molecule has 0 atom stereocenters. The molecule has 6 nitrogen and oxygen atoms in total. The summed E-state index contributed by atoms with van der Waals surface area (Å²) in [5, 5.41) is 1.78. The molecule has 0 bridgehead atoms. The molecule has 3 aromatic rings. The fraction of sp³-hybridized carbons (Fsp3) is 0.407. The zero-order valence-electron chi connectivity index (χ0n) is 20.7. The van der Waals surface area contributed by atoms with E-state index < -0.39 is 10.0 Å². The van der Waals surface area contributed by atoms with Gasteiger partial charge in [0.1, 0.15) is 5.60 Å². The van der Waals surface area contributed by atoms with Gasteiger partial charge in [-0.25, -0.2) is 8.42 Å². The average molecular weight is 517 g/mol. The van der Waals surface area contributed by atoms with Crippen LogP contribution in [-0.2, 0) is 16.4 Å². The topological polar surface area (TPSA) is 67.9 Å². The van der Waals surface area contributed by atoms with Gasteiger partial charge in [-0.05, 0) is 51.6 Å². The van der Waals surface area contributed by atoms with Gasteiger partial charge in [0, 0.05) is 40.4 Å². The van der Waals surface area contributed by atoms with Crippen LogP contribution in [0.1, 0.15) is 39.7 Å². The smallest absolute Gasteiger partial charge is 0.262 e. The van der Waals surface area contributed by atoms with Crippen molar-refractivity contribution in [2.24, 2.45) is 0 Å². The van der Waals surface area contributed by atoms with Gasteiger partial charge in [-0.3, -0.25) is 4.72 Å². The number of hydrogen-bond acceptors (Lipinski definition) is 5. The molecule has 4 rings (SSSR count). The Labute approximate surface area is 213 Å². The fourth-order valence-electron chi connectivity index (χ4n) is 4.53. The summed E-state index contributed by atoms with van der Waals surface area (Å²) in [5.41, 5.74) is 0.990. The zero-order chi connectivity index (χ0) is 25.2. The van der Waals surface area contributed by atoms with Crippen molar-refractivity contribution >= 4 is 38.1 Å². The Hall–Kier alpha value is -2.48. The summed E-state index contributed by atoms with van der Waals surface area (Å²) in [6.45, 7) is 11.8. The number of anilines is 1. The minimum Gasteiger partial charge on any atom is -0.490 e. The van der Waals surface area contributed by atoms with Crippen LogP contribution in [0.15, 0.2) is 53.4 Å². The summed E-state index contributed by atoms with van der Waals surface area (Å²) in [7, 11) is -3.87. The largest absolute Gasteiger partial charge is 0.490 e. The summed E-state index contributed by atoms with van der Waals surface area (Å²) in [6.07, 6.45) is 1.53. The van der Waals surface area contributed by atoms with Crippen LogP contribution in [0.3, 0.4) is 0 Å². The molecule has 188 valence electrons. The SMILES string of the molecule is CCN(CC)CCCOc1cc(NS(=O)(=O)c2ccc(Cl)c3ccccc23)cc2c1OC(C)(C)C2. The lowest BCUT2D eigenvalue weighted by Gasteiger charge is -2.20. The molecular weight excluding hydrogens is 484 g/mol. The van der Waals surface area contributed by atoms with E-state index in [0.717, 1.165) is 31.6 Å². The van der Waals surface area contributed by atoms with Crippen LogP contribution >= 0.6 is 11.6 Å². The number of rotatable bonds is 10. The molecule has 0 saturated carbocycles. The maximum Gasteiger partial charge on any atom is 0.262 e. The quantitative estimate of drug-likeness (QED) is 0.329. The first-order valence-corrected chi connectivity index (χ1v) is 13.9. The summed E-state index contributed by atoms with van der Waals surface area (Å²) in [6, 6.07) is 13.9. The molecular formula is C27H33ClN2O4S. The summed E-state index contributed by atoms with van der Waals surface area (Å²) >= 11 is 6.30. The van der Waals surface area contributed by atoms with Crippen LogP contribution in [0, 0.1) is 0 Å². The lowest BCUT2D eigenvalue weighted by molar-refractivity contribution is 0.131. The minimum atomic E-state index is -3.87. The van der Waals surface area contributed by atoms with Crippen LogP contribution in [0.25, 0.3) is 10.8 Å². The van der Waals surface area contributed by atoms with Crippen molar-refractivity contribution in [1.82, 2.24) is 4.90 Å². The highest BCUT2D eigenvalue weighted by Gasteiger charge is 2.33. The Morgan fingerprint density at radius 2 is 1.80 bits per heavy atom. The Balaban J connectivity index is 1.62. The number of ether oxygens (including phenoxy) is 2. The first kappa shape index (κ1) is 25.6. The Bertz CT molecular complexity index is 1320. The van der Waals surface area contributed by atoms with E-state index in [1.54, 1.807) is 24.3 Å². The summed E-state index contributed by atoms with van der Waals surface area (Å²) < 4.78 is 41.9. The van der Waals surface area contributed by atoms with E-state index >= 15 is 0 Å². The highest BCUT2D eigenvalue weighted by molar-refractivity contribution is 7.93. The molecule has 0 saturated heterocycles. The van der Waals surface area contributed by atoms with Crippen LogP contribution < -0.4 is 14.2 Å². The lowest BCUT2D eigenvalue weighted by Crippen LogP contribution is -2.25. The lowest BCUT2D eigenvalue weighted by atomic mass is 10.0. The van der Waals surface area contributed by atoms with E-state index in [9.17, 15) is 8.42 Å². The number of nitrogens with one attached hydrogen (secondary N) is 1. The fourth-order valence-corrected chi connectivity index (χ4v) is 6.01. The summed E-state index contributed by atoms with van der Waals surface area (Å²) in [5.74, 6) is 1.25. The summed E-state index contributed by atoms with van der Waals surface area (Å²) in [4.78, 5) is 2.52. The van der Waals surface area contributed by atoms with Gasteiger partial charge in [-0.2, -0.15) is 0 Å². The van der Waals surface area contributed by atoms with Crippen molar-refractivity contribution in [3.63, 3.8) is 0 Å². The predicted octanol–water partition coefficient (Wildman–Crippen LogP) is 6.12. The van der Waals surface area contributed by atoms with Gasteiger partial charge in [0.05, 0.1) is 17.2 Å². The van der Waals surface area contributed by atoms with E-state index in [2.05, 4.69) is 23.5 Å². The number of hydrogen-bond donors (Lipinski definition) is 1. The third-order valence-electron chi connectivity index (χ3n) is 6.27. The van der Waals surface area contributed by atoms with Crippen molar-refractivity contribution in [2.45, 2.75) is 51.0 Å². The van der Waals surface area contributed by atoms with Crippen LogP contribution in [-0.4, -0.2) is 45.2 Å². The molecule has 3 aromatic carbocycles. The molecule has 1 aliphatic heterocycles. The van der Waals surface area contributed by atoms with E-state index in [1.165, 1.54) is 6.07 Å².